The van der Waals surface area contributed by atoms with Crippen LogP contribution in [0.2, 0.25) is 0 Å². The molecule has 1 aromatic heterocycles. The molecule has 72 heavy (non-hydrogen) atoms. The lowest BCUT2D eigenvalue weighted by atomic mass is 9.44. The Labute approximate surface area is 422 Å². The van der Waals surface area contributed by atoms with Gasteiger partial charge in [-0.25, -0.2) is 0 Å². The molecule has 1 aliphatic heterocycles. The predicted octanol–water partition coefficient (Wildman–Crippen LogP) is 2.71. The fraction of sp³-hybridized carbons (Fsp3) is 0.714. The van der Waals surface area contributed by atoms with E-state index in [1.165, 1.54) is 12.5 Å². The first-order chi connectivity index (χ1) is 34.1. The van der Waals surface area contributed by atoms with Gasteiger partial charge in [-0.2, -0.15) is 0 Å². The van der Waals surface area contributed by atoms with Crippen molar-refractivity contribution in [3.63, 3.8) is 0 Å². The molecule has 8 aliphatic carbocycles. The number of nitrogens with one attached hydrogen (secondary N) is 2. The van der Waals surface area contributed by atoms with Gasteiger partial charge in [0, 0.05) is 60.4 Å². The maximum atomic E-state index is 15.1. The van der Waals surface area contributed by atoms with Gasteiger partial charge in [-0.15, -0.1) is 5.92 Å². The van der Waals surface area contributed by atoms with Crippen LogP contribution in [0.15, 0.2) is 58.5 Å². The number of aromatic nitrogens is 1. The second kappa shape index (κ2) is 18.8. The van der Waals surface area contributed by atoms with Gasteiger partial charge < -0.3 is 62.3 Å². The van der Waals surface area contributed by atoms with Crippen molar-refractivity contribution in [1.82, 2.24) is 10.3 Å². The number of hydrogen-bond acceptors (Lipinski definition) is 13. The van der Waals surface area contributed by atoms with Gasteiger partial charge in [0.15, 0.2) is 18.0 Å². The highest BCUT2D eigenvalue weighted by atomic mass is 16.5. The number of fused-ring (bicyclic) bond motifs is 8. The minimum absolute atomic E-state index is 0.00127. The third-order valence-electron chi connectivity index (χ3n) is 20.6. The summed E-state index contributed by atoms with van der Waals surface area (Å²) in [5, 5.41) is 89.7. The molecule has 0 spiro atoms. The van der Waals surface area contributed by atoms with Gasteiger partial charge in [0.1, 0.15) is 5.78 Å². The fourth-order valence-electron chi connectivity index (χ4n) is 17.6. The fourth-order valence-corrected chi connectivity index (χ4v) is 17.6. The van der Waals surface area contributed by atoms with E-state index in [-0.39, 0.29) is 123 Å². The highest BCUT2D eigenvalue weighted by Gasteiger charge is 2.74. The molecule has 9 aliphatic rings. The molecule has 4 saturated carbocycles. The smallest absolute Gasteiger partial charge is 0.313 e. The number of aromatic amines is 1. The SMILES string of the molecule is CC(=O)CNC1=C2[C@H](CC[C@]3(CCN=C(N)N)[C@@H]4[C@H](CC#C[C@@H]([C@@H]5COC(=O)[C@H]5c5cc[nH]c5)[C@@H]5C=C[C@H]6C=C7CC[C@H](C)C[C@@H]7[C@@H]5[C@@H]6[C@H](C(O)O)C[C@@H](O)[C@]4(C)O)C[C@@]23O)[C@@]2(C)C[C@H](O)[C@H](O)C[C@H]2C1=O. The van der Waals surface area contributed by atoms with Gasteiger partial charge in [0.05, 0.1) is 54.3 Å². The molecule has 2 heterocycles. The van der Waals surface area contributed by atoms with Gasteiger partial charge in [-0.1, -0.05) is 43.6 Å². The number of carbonyl (C=O) groups excluding carboxylic acids is 3. The van der Waals surface area contributed by atoms with Crippen molar-refractivity contribution < 1.29 is 54.9 Å². The topological polar surface area (TPSA) is 294 Å². The predicted molar refractivity (Wildman–Crippen MR) is 265 cm³/mol. The summed E-state index contributed by atoms with van der Waals surface area (Å²) in [4.78, 5) is 49.2. The van der Waals surface area contributed by atoms with Crippen LogP contribution >= 0.6 is 0 Å². The number of aliphatic hydroxyl groups excluding tert-OH is 4. The number of ketones is 2. The molecular weight excluding hydrogens is 919 g/mol. The number of esters is 1. The Morgan fingerprint density at radius 1 is 1.03 bits per heavy atom. The second-order valence-corrected chi connectivity index (χ2v) is 24.4. The lowest BCUT2D eigenvalue weighted by molar-refractivity contribution is -0.199. The number of carbonyl (C=O) groups is 3. The van der Waals surface area contributed by atoms with Crippen LogP contribution in [0.3, 0.4) is 0 Å². The van der Waals surface area contributed by atoms with Gasteiger partial charge in [0.2, 0.25) is 0 Å². The first-order valence-electron chi connectivity index (χ1n) is 26.7. The molecule has 4 bridgehead atoms. The maximum Gasteiger partial charge on any atom is 0.313 e. The lowest BCUT2D eigenvalue weighted by Gasteiger charge is -2.62. The third kappa shape index (κ3) is 8.05. The summed E-state index contributed by atoms with van der Waals surface area (Å²) in [7, 11) is 0. The van der Waals surface area contributed by atoms with Crippen LogP contribution in [0.5, 0.6) is 0 Å². The first kappa shape index (κ1) is 51.2. The summed E-state index contributed by atoms with van der Waals surface area (Å²) in [6, 6.07) is 1.89. The molecular formula is C56H77N5O11. The Balaban J connectivity index is 1.18. The standard InChI is InChI=1S/C56H77N5O11/c1-27-8-9-29-19-30-10-11-34-33(37-26-72-51(69)44(37)32-13-16-59-25-32)7-5-6-31-22-56(71)46-38(53(3)23-41(64)40(63)21-39(53)48(66)47(46)61-24-28(2)62)12-14-55(56,15-17-60-52(57)58)49(31)54(4,70)42(65)20-36(50(67)68)43(30)45(34)35(29)18-27/h10-11,13,16,19,25,27,30-31,33-45,49-50,59,61,63-65,67-68,70-71H,6,8-9,12,14-15,17-18,20-24,26H2,1-4H3,(H4,57,58,60)/t27-,30-,31+,33+,34-,35-,36+,37-,38-,39-,40+,41-,42+,43-,44-,45+,49+,53+,54-,55-,56+/m0/s1. The summed E-state index contributed by atoms with van der Waals surface area (Å²) in [6.07, 6.45) is 8.18. The number of aliphatic hydroxyl groups is 7. The summed E-state index contributed by atoms with van der Waals surface area (Å²) in [6.45, 7) is 7.11. The largest absolute Gasteiger partial charge is 0.465 e. The Morgan fingerprint density at radius 2 is 1.81 bits per heavy atom. The monoisotopic (exact) mass is 996 g/mol. The summed E-state index contributed by atoms with van der Waals surface area (Å²) >= 11 is 0. The van der Waals surface area contributed by atoms with Crippen LogP contribution in [-0.2, 0) is 19.1 Å². The number of rotatable bonds is 9. The van der Waals surface area contributed by atoms with Crippen LogP contribution in [0, 0.1) is 99.6 Å². The molecule has 0 amide bonds. The van der Waals surface area contributed by atoms with E-state index in [1.807, 2.05) is 19.2 Å². The molecule has 5 fully saturated rings. The van der Waals surface area contributed by atoms with E-state index < -0.39 is 94.0 Å². The molecule has 16 nitrogen and oxygen atoms in total. The van der Waals surface area contributed by atoms with E-state index in [1.54, 1.807) is 13.1 Å². The van der Waals surface area contributed by atoms with E-state index in [0.717, 1.165) is 24.8 Å². The van der Waals surface area contributed by atoms with Crippen molar-refractivity contribution in [1.29, 1.82) is 0 Å². The number of nitrogens with two attached hydrogens (primary N) is 2. The van der Waals surface area contributed by atoms with E-state index >= 15 is 4.79 Å². The zero-order chi connectivity index (χ0) is 51.4. The molecule has 1 saturated heterocycles. The second-order valence-electron chi connectivity index (χ2n) is 24.4. The number of guanidine groups is 1. The van der Waals surface area contributed by atoms with Crippen molar-refractivity contribution in [2.45, 2.75) is 140 Å². The van der Waals surface area contributed by atoms with Crippen LogP contribution in [-0.4, -0.2) is 120 Å². The molecule has 21 atom stereocenters. The van der Waals surface area contributed by atoms with Gasteiger partial charge in [-0.3, -0.25) is 19.4 Å². The molecule has 10 rings (SSSR count). The number of allylic oxidation sites excluding steroid dienone is 5. The number of aliphatic imine (C=N–C) groups is 1. The number of hydrogen-bond donors (Lipinski definition) is 11. The Morgan fingerprint density at radius 3 is 2.51 bits per heavy atom. The average molecular weight is 996 g/mol. The van der Waals surface area contributed by atoms with Gasteiger partial charge in [-0.05, 0) is 148 Å². The Bertz CT molecular complexity index is 2490. The number of cyclic esters (lactones) is 1. The van der Waals surface area contributed by atoms with Crippen LogP contribution < -0.4 is 16.8 Å². The highest BCUT2D eigenvalue weighted by molar-refractivity contribution is 6.00. The van der Waals surface area contributed by atoms with Gasteiger partial charge in [0.25, 0.3) is 0 Å². The molecule has 0 aromatic carbocycles. The number of Topliss-reactive ketones (excluding diaryl/α,β-unsaturated/α-hetero) is 2. The summed E-state index contributed by atoms with van der Waals surface area (Å²) in [5.41, 5.74) is 8.33. The van der Waals surface area contributed by atoms with Crippen LogP contribution in [0.1, 0.15) is 110 Å². The zero-order valence-corrected chi connectivity index (χ0v) is 42.1. The minimum Gasteiger partial charge on any atom is -0.465 e. The third-order valence-corrected chi connectivity index (χ3v) is 20.6. The molecule has 1 aromatic rings. The summed E-state index contributed by atoms with van der Waals surface area (Å²) < 4.78 is 5.94. The van der Waals surface area contributed by atoms with Gasteiger partial charge >= 0.3 is 5.97 Å². The first-order valence-corrected chi connectivity index (χ1v) is 26.7. The van der Waals surface area contributed by atoms with Crippen molar-refractivity contribution in [2.75, 3.05) is 19.7 Å². The van der Waals surface area contributed by atoms with E-state index in [2.05, 4.69) is 52.3 Å². The van der Waals surface area contributed by atoms with E-state index in [0.29, 0.717) is 17.9 Å². The maximum absolute atomic E-state index is 15.1. The quantitative estimate of drug-likeness (QED) is 0.0424. The average Bonchev–Trinajstić information content (AvgIpc) is 4.04. The molecule has 392 valence electrons. The van der Waals surface area contributed by atoms with E-state index in [9.17, 15) is 45.3 Å². The molecule has 0 unspecified atom stereocenters. The van der Waals surface area contributed by atoms with Crippen molar-refractivity contribution in [3.05, 3.63) is 59.1 Å². The van der Waals surface area contributed by atoms with E-state index in [4.69, 9.17) is 16.2 Å². The van der Waals surface area contributed by atoms with Crippen molar-refractivity contribution >= 4 is 23.5 Å². The normalized spacial score (nSPS) is 46.3. The number of nitrogens with zero attached hydrogens (tertiary/aromatic N) is 1. The van der Waals surface area contributed by atoms with Crippen molar-refractivity contribution in [2.24, 2.45) is 104 Å². The van der Waals surface area contributed by atoms with Crippen LogP contribution in [0.25, 0.3) is 0 Å². The Hall–Kier alpha value is -4.34. The molecule has 0 radical (unpaired) electrons. The zero-order valence-electron chi connectivity index (χ0n) is 42.1. The Kier molecular flexibility index (Phi) is 13.4. The lowest BCUT2D eigenvalue weighted by Crippen LogP contribution is -2.65. The summed E-state index contributed by atoms with van der Waals surface area (Å²) in [5.74, 6) is 0.440. The highest BCUT2D eigenvalue weighted by Crippen LogP contribution is 2.72. The molecule has 13 N–H and O–H groups in total. The number of ether oxygens (including phenoxy) is 1. The number of H-pyrrole nitrogens is 1. The van der Waals surface area contributed by atoms with Crippen LogP contribution in [0.4, 0.5) is 0 Å². The minimum atomic E-state index is -2.03. The van der Waals surface area contributed by atoms with Crippen molar-refractivity contribution in [3.8, 4) is 11.8 Å². The molecule has 16 heteroatoms.